The predicted molar refractivity (Wildman–Crippen MR) is 105 cm³/mol. The number of halogens is 1. The molecule has 0 aliphatic carbocycles. The predicted octanol–water partition coefficient (Wildman–Crippen LogP) is 4.03. The van der Waals surface area contributed by atoms with E-state index in [1.807, 2.05) is 35.9 Å². The first-order valence-electron chi connectivity index (χ1n) is 8.15. The molecule has 0 bridgehead atoms. The molecule has 0 fully saturated rings. The number of nitrogens with zero attached hydrogens (tertiary/aromatic N) is 3. The maximum Gasteiger partial charge on any atom is 0.255 e. The molecule has 1 amide bonds. The van der Waals surface area contributed by atoms with Crippen LogP contribution in [0, 0.1) is 0 Å². The lowest BCUT2D eigenvalue weighted by molar-refractivity contribution is -0.113. The molecule has 3 aromatic rings. The van der Waals surface area contributed by atoms with Crippen molar-refractivity contribution in [1.82, 2.24) is 14.8 Å². The normalized spacial score (nSPS) is 12.7. The number of aryl methyl sites for hydroxylation is 1. The van der Waals surface area contributed by atoms with Crippen LogP contribution in [0.25, 0.3) is 6.08 Å². The topological polar surface area (TPSA) is 69.0 Å². The van der Waals surface area contributed by atoms with Crippen molar-refractivity contribution in [1.29, 1.82) is 0 Å². The fraction of sp³-hybridized carbons (Fsp3) is 0.105. The third kappa shape index (κ3) is 3.99. The van der Waals surface area contributed by atoms with Crippen LogP contribution < -0.4 is 10.1 Å². The molecule has 6 nitrogen and oxygen atoms in total. The van der Waals surface area contributed by atoms with E-state index in [2.05, 4.69) is 15.5 Å². The molecule has 1 aliphatic rings. The highest BCUT2D eigenvalue weighted by Crippen LogP contribution is 2.30. The number of nitrogens with one attached hydrogen (secondary N) is 1. The first-order valence-corrected chi connectivity index (χ1v) is 9.34. The van der Waals surface area contributed by atoms with Gasteiger partial charge < -0.3 is 14.6 Å². The van der Waals surface area contributed by atoms with Crippen LogP contribution in [-0.2, 0) is 11.8 Å². The van der Waals surface area contributed by atoms with Crippen molar-refractivity contribution in [3.63, 3.8) is 0 Å². The molecule has 0 unspecified atom stereocenters. The zero-order chi connectivity index (χ0) is 18.8. The lowest BCUT2D eigenvalue weighted by Gasteiger charge is -2.18. The molecule has 1 aromatic heterocycles. The molecular formula is C19H15ClN4O2S. The largest absolute Gasteiger partial charge is 0.488 e. The minimum absolute atomic E-state index is 0.200. The lowest BCUT2D eigenvalue weighted by Crippen LogP contribution is -2.21. The number of anilines is 1. The highest BCUT2D eigenvalue weighted by atomic mass is 35.5. The van der Waals surface area contributed by atoms with Gasteiger partial charge in [-0.2, -0.15) is 0 Å². The number of hydrogen-bond acceptors (Lipinski definition) is 5. The van der Waals surface area contributed by atoms with E-state index < -0.39 is 0 Å². The number of amides is 1. The number of benzene rings is 2. The Morgan fingerprint density at radius 3 is 2.81 bits per heavy atom. The van der Waals surface area contributed by atoms with Crippen LogP contribution in [0.5, 0.6) is 5.75 Å². The van der Waals surface area contributed by atoms with E-state index >= 15 is 0 Å². The maximum absolute atomic E-state index is 12.5. The first kappa shape index (κ1) is 17.6. The van der Waals surface area contributed by atoms with Gasteiger partial charge in [0, 0.05) is 28.2 Å². The summed E-state index contributed by atoms with van der Waals surface area (Å²) in [7, 11) is 1.89. The number of carbonyl (C=O) groups excluding carboxylic acids is 1. The number of hydrogen-bond donors (Lipinski definition) is 1. The monoisotopic (exact) mass is 398 g/mol. The quantitative estimate of drug-likeness (QED) is 0.718. The molecule has 0 radical (unpaired) electrons. The summed E-state index contributed by atoms with van der Waals surface area (Å²) in [5.41, 5.74) is 2.05. The highest BCUT2D eigenvalue weighted by molar-refractivity contribution is 7.99. The molecular weight excluding hydrogens is 384 g/mol. The van der Waals surface area contributed by atoms with Crippen molar-refractivity contribution in [2.24, 2.45) is 7.05 Å². The Hall–Kier alpha value is -2.77. The number of ether oxygens (including phenoxy) is 1. The zero-order valence-electron chi connectivity index (χ0n) is 14.3. The molecule has 1 N–H and O–H groups in total. The summed E-state index contributed by atoms with van der Waals surface area (Å²) in [5, 5.41) is 12.2. The van der Waals surface area contributed by atoms with Gasteiger partial charge in [0.2, 0.25) is 0 Å². The minimum Gasteiger partial charge on any atom is -0.488 e. The van der Waals surface area contributed by atoms with Gasteiger partial charge in [-0.25, -0.2) is 0 Å². The summed E-state index contributed by atoms with van der Waals surface area (Å²) >= 11 is 7.51. The van der Waals surface area contributed by atoms with Crippen LogP contribution >= 0.6 is 23.4 Å². The summed E-state index contributed by atoms with van der Waals surface area (Å²) in [5.74, 6) is 0.524. The van der Waals surface area contributed by atoms with Gasteiger partial charge in [0.25, 0.3) is 5.91 Å². The van der Waals surface area contributed by atoms with E-state index in [4.69, 9.17) is 16.3 Å². The van der Waals surface area contributed by atoms with Crippen LogP contribution in [0.4, 0.5) is 5.69 Å². The average Bonchev–Trinajstić information content (AvgIpc) is 3.07. The molecule has 27 heavy (non-hydrogen) atoms. The van der Waals surface area contributed by atoms with Crippen molar-refractivity contribution in [3.05, 3.63) is 65.0 Å². The van der Waals surface area contributed by atoms with E-state index in [1.54, 1.807) is 30.6 Å². The average molecular weight is 399 g/mol. The summed E-state index contributed by atoms with van der Waals surface area (Å²) < 4.78 is 7.48. The van der Waals surface area contributed by atoms with Gasteiger partial charge in [0.1, 0.15) is 18.7 Å². The summed E-state index contributed by atoms with van der Waals surface area (Å²) in [4.78, 5) is 13.5. The fourth-order valence-electron chi connectivity index (χ4n) is 2.57. The van der Waals surface area contributed by atoms with E-state index in [0.29, 0.717) is 16.3 Å². The molecule has 1 aliphatic heterocycles. The van der Waals surface area contributed by atoms with Gasteiger partial charge in [-0.1, -0.05) is 11.6 Å². The van der Waals surface area contributed by atoms with E-state index in [1.165, 1.54) is 11.8 Å². The fourth-order valence-corrected chi connectivity index (χ4v) is 3.51. The van der Waals surface area contributed by atoms with Crippen molar-refractivity contribution in [2.45, 2.75) is 10.1 Å². The first-order chi connectivity index (χ1) is 13.1. The molecule has 0 saturated heterocycles. The molecule has 2 aromatic carbocycles. The van der Waals surface area contributed by atoms with E-state index in [-0.39, 0.29) is 12.5 Å². The third-order valence-corrected chi connectivity index (χ3v) is 5.26. The van der Waals surface area contributed by atoms with Crippen molar-refractivity contribution in [2.75, 3.05) is 11.9 Å². The van der Waals surface area contributed by atoms with Crippen molar-refractivity contribution in [3.8, 4) is 5.75 Å². The van der Waals surface area contributed by atoms with Gasteiger partial charge >= 0.3 is 0 Å². The maximum atomic E-state index is 12.5. The Kier molecular flexibility index (Phi) is 4.87. The van der Waals surface area contributed by atoms with Crippen LogP contribution in [-0.4, -0.2) is 27.3 Å². The van der Waals surface area contributed by atoms with E-state index in [0.717, 1.165) is 21.4 Å². The van der Waals surface area contributed by atoms with Crippen LogP contribution in [0.2, 0.25) is 5.02 Å². The smallest absolute Gasteiger partial charge is 0.255 e. The SMILES string of the molecule is Cn1cnnc1Sc1ccc(NC(=O)C2=Cc3cc(Cl)ccc3OC2)cc1. The molecule has 0 saturated carbocycles. The Labute approximate surface area is 165 Å². The number of aromatic nitrogens is 3. The van der Waals surface area contributed by atoms with Crippen LogP contribution in [0.1, 0.15) is 5.56 Å². The molecule has 2 heterocycles. The second kappa shape index (κ2) is 7.46. The number of carbonyl (C=O) groups is 1. The van der Waals surface area contributed by atoms with E-state index in [9.17, 15) is 4.79 Å². The highest BCUT2D eigenvalue weighted by Gasteiger charge is 2.17. The Balaban J connectivity index is 1.45. The van der Waals surface area contributed by atoms with Gasteiger partial charge in [-0.05, 0) is 60.3 Å². The Bertz CT molecular complexity index is 1030. The van der Waals surface area contributed by atoms with Crippen molar-refractivity contribution < 1.29 is 9.53 Å². The standard InChI is InChI=1S/C19H15ClN4O2S/c1-24-11-21-23-19(24)27-16-5-3-15(4-6-16)22-18(25)13-8-12-9-14(20)2-7-17(12)26-10-13/h2-9,11H,10H2,1H3,(H,22,25). The van der Waals surface area contributed by atoms with Gasteiger partial charge in [-0.3, -0.25) is 4.79 Å². The van der Waals surface area contributed by atoms with Crippen molar-refractivity contribution >= 4 is 41.0 Å². The van der Waals surface area contributed by atoms with Gasteiger partial charge in [0.05, 0.1) is 5.57 Å². The van der Waals surface area contributed by atoms with Crippen LogP contribution in [0.3, 0.4) is 0 Å². The Morgan fingerprint density at radius 2 is 2.07 bits per heavy atom. The number of rotatable bonds is 4. The number of fused-ring (bicyclic) bond motifs is 1. The molecule has 8 heteroatoms. The second-order valence-electron chi connectivity index (χ2n) is 5.95. The lowest BCUT2D eigenvalue weighted by atomic mass is 10.1. The molecule has 136 valence electrons. The van der Waals surface area contributed by atoms with Gasteiger partial charge in [0.15, 0.2) is 5.16 Å². The Morgan fingerprint density at radius 1 is 1.26 bits per heavy atom. The van der Waals surface area contributed by atoms with Gasteiger partial charge in [-0.15, -0.1) is 10.2 Å². The third-order valence-electron chi connectivity index (χ3n) is 3.97. The zero-order valence-corrected chi connectivity index (χ0v) is 15.9. The van der Waals surface area contributed by atoms with Crippen LogP contribution in [0.15, 0.2) is 64.4 Å². The minimum atomic E-state index is -0.200. The summed E-state index contributed by atoms with van der Waals surface area (Å²) in [6.45, 7) is 0.223. The summed E-state index contributed by atoms with van der Waals surface area (Å²) in [6.07, 6.45) is 3.46. The molecule has 0 spiro atoms. The molecule has 0 atom stereocenters. The molecule has 4 rings (SSSR count). The summed E-state index contributed by atoms with van der Waals surface area (Å²) in [6, 6.07) is 12.9. The second-order valence-corrected chi connectivity index (χ2v) is 7.42.